The lowest BCUT2D eigenvalue weighted by molar-refractivity contribution is -0.120. The summed E-state index contributed by atoms with van der Waals surface area (Å²) < 4.78 is 0. The van der Waals surface area contributed by atoms with E-state index in [0.717, 1.165) is 16.5 Å². The van der Waals surface area contributed by atoms with E-state index in [4.69, 9.17) is 0 Å². The molecule has 0 bridgehead atoms. The zero-order chi connectivity index (χ0) is 19.2. The monoisotopic (exact) mass is 362 g/mol. The normalized spacial score (nSPS) is 10.9. The second-order valence-electron chi connectivity index (χ2n) is 5.98. The molecule has 0 fully saturated rings. The molecule has 0 saturated heterocycles. The van der Waals surface area contributed by atoms with Crippen LogP contribution >= 0.6 is 0 Å². The third-order valence-electron chi connectivity index (χ3n) is 3.90. The SMILES string of the molecule is Cc1ccc(C(=O)NCC(=O)NN=Cc2cc3ccccc3[nH]c2=O)cc1. The number of nitrogens with zero attached hydrogens (tertiary/aromatic N) is 1. The molecule has 0 unspecified atom stereocenters. The van der Waals surface area contributed by atoms with Gasteiger partial charge < -0.3 is 10.3 Å². The summed E-state index contributed by atoms with van der Waals surface area (Å²) in [4.78, 5) is 38.5. The Morgan fingerprint density at radius 1 is 1.11 bits per heavy atom. The van der Waals surface area contributed by atoms with Crippen LogP contribution in [0.1, 0.15) is 21.5 Å². The molecule has 0 aliphatic carbocycles. The third kappa shape index (κ3) is 4.66. The molecule has 27 heavy (non-hydrogen) atoms. The number of hydrazone groups is 1. The molecule has 1 aromatic heterocycles. The average molecular weight is 362 g/mol. The summed E-state index contributed by atoms with van der Waals surface area (Å²) >= 11 is 0. The smallest absolute Gasteiger partial charge is 0.259 e. The number of hydrogen-bond donors (Lipinski definition) is 3. The van der Waals surface area contributed by atoms with E-state index in [9.17, 15) is 14.4 Å². The molecule has 7 heteroatoms. The van der Waals surface area contributed by atoms with Crippen LogP contribution in [0.5, 0.6) is 0 Å². The largest absolute Gasteiger partial charge is 0.343 e. The van der Waals surface area contributed by atoms with Crippen molar-refractivity contribution in [1.29, 1.82) is 0 Å². The Kier molecular flexibility index (Phi) is 5.41. The minimum atomic E-state index is -0.496. The van der Waals surface area contributed by atoms with Crippen molar-refractivity contribution in [2.45, 2.75) is 6.92 Å². The van der Waals surface area contributed by atoms with E-state index in [-0.39, 0.29) is 18.0 Å². The molecule has 0 aliphatic heterocycles. The highest BCUT2D eigenvalue weighted by Crippen LogP contribution is 2.08. The van der Waals surface area contributed by atoms with Gasteiger partial charge in [0, 0.05) is 11.1 Å². The van der Waals surface area contributed by atoms with Crippen molar-refractivity contribution in [2.75, 3.05) is 6.54 Å². The van der Waals surface area contributed by atoms with Crippen molar-refractivity contribution in [3.8, 4) is 0 Å². The van der Waals surface area contributed by atoms with E-state index in [1.807, 2.05) is 37.3 Å². The van der Waals surface area contributed by atoms with Crippen LogP contribution in [0.15, 0.2) is 64.5 Å². The highest BCUT2D eigenvalue weighted by Gasteiger charge is 2.07. The molecule has 0 saturated carbocycles. The van der Waals surface area contributed by atoms with Crippen molar-refractivity contribution < 1.29 is 9.59 Å². The van der Waals surface area contributed by atoms with E-state index in [0.29, 0.717) is 11.1 Å². The summed E-state index contributed by atoms with van der Waals surface area (Å²) in [7, 11) is 0. The summed E-state index contributed by atoms with van der Waals surface area (Å²) in [5.41, 5.74) is 4.54. The Hall–Kier alpha value is -3.74. The minimum Gasteiger partial charge on any atom is -0.343 e. The zero-order valence-corrected chi connectivity index (χ0v) is 14.7. The fourth-order valence-corrected chi connectivity index (χ4v) is 2.44. The molecule has 1 heterocycles. The van der Waals surface area contributed by atoms with E-state index in [1.165, 1.54) is 6.21 Å². The van der Waals surface area contributed by atoms with Gasteiger partial charge in [0.2, 0.25) is 0 Å². The average Bonchev–Trinajstić information content (AvgIpc) is 2.67. The van der Waals surface area contributed by atoms with Crippen LogP contribution in [0.3, 0.4) is 0 Å². The molecule has 136 valence electrons. The van der Waals surface area contributed by atoms with Gasteiger partial charge in [-0.05, 0) is 36.6 Å². The topological polar surface area (TPSA) is 103 Å². The lowest BCUT2D eigenvalue weighted by atomic mass is 10.1. The highest BCUT2D eigenvalue weighted by atomic mass is 16.2. The number of fused-ring (bicyclic) bond motifs is 1. The Morgan fingerprint density at radius 3 is 2.63 bits per heavy atom. The Balaban J connectivity index is 1.56. The number of aryl methyl sites for hydroxylation is 1. The van der Waals surface area contributed by atoms with E-state index >= 15 is 0 Å². The molecule has 0 radical (unpaired) electrons. The number of hydrogen-bond acceptors (Lipinski definition) is 4. The summed E-state index contributed by atoms with van der Waals surface area (Å²) in [6, 6.07) is 16.1. The summed E-state index contributed by atoms with van der Waals surface area (Å²) in [5, 5.41) is 7.14. The maximum atomic E-state index is 12.0. The number of benzene rings is 2. The van der Waals surface area contributed by atoms with E-state index < -0.39 is 5.91 Å². The summed E-state index contributed by atoms with van der Waals surface area (Å²) in [6.45, 7) is 1.70. The Morgan fingerprint density at radius 2 is 1.85 bits per heavy atom. The number of H-pyrrole nitrogens is 1. The van der Waals surface area contributed by atoms with Crippen LogP contribution in [-0.2, 0) is 4.79 Å². The van der Waals surface area contributed by atoms with Gasteiger partial charge in [0.25, 0.3) is 17.4 Å². The molecule has 2 amide bonds. The number of aromatic amines is 1. The number of rotatable bonds is 5. The maximum absolute atomic E-state index is 12.0. The summed E-state index contributed by atoms with van der Waals surface area (Å²) in [5.74, 6) is -0.843. The fourth-order valence-electron chi connectivity index (χ4n) is 2.44. The quantitative estimate of drug-likeness (QED) is 0.475. The van der Waals surface area contributed by atoms with Gasteiger partial charge in [0.05, 0.1) is 18.3 Å². The second-order valence-corrected chi connectivity index (χ2v) is 5.98. The molecule has 0 aliphatic rings. The van der Waals surface area contributed by atoms with Crippen LogP contribution in [0.4, 0.5) is 0 Å². The van der Waals surface area contributed by atoms with E-state index in [1.54, 1.807) is 24.3 Å². The maximum Gasteiger partial charge on any atom is 0.259 e. The van der Waals surface area contributed by atoms with Gasteiger partial charge in [-0.15, -0.1) is 0 Å². The molecular formula is C20H18N4O3. The first-order chi connectivity index (χ1) is 13.0. The molecule has 3 N–H and O–H groups in total. The first-order valence-electron chi connectivity index (χ1n) is 8.32. The Labute approximate surface area is 155 Å². The van der Waals surface area contributed by atoms with E-state index in [2.05, 4.69) is 20.8 Å². The van der Waals surface area contributed by atoms with Gasteiger partial charge in [-0.25, -0.2) is 5.43 Å². The lowest BCUT2D eigenvalue weighted by Gasteiger charge is -2.04. The molecular weight excluding hydrogens is 344 g/mol. The second kappa shape index (κ2) is 8.09. The molecule has 0 spiro atoms. The summed E-state index contributed by atoms with van der Waals surface area (Å²) in [6.07, 6.45) is 1.27. The third-order valence-corrected chi connectivity index (χ3v) is 3.90. The van der Waals surface area contributed by atoms with Gasteiger partial charge in [-0.1, -0.05) is 35.9 Å². The number of carbonyl (C=O) groups is 2. The van der Waals surface area contributed by atoms with Gasteiger partial charge in [-0.2, -0.15) is 5.10 Å². The van der Waals surface area contributed by atoms with Crippen molar-refractivity contribution >= 4 is 28.9 Å². The molecule has 2 aromatic carbocycles. The van der Waals surface area contributed by atoms with Crippen LogP contribution in [0, 0.1) is 6.92 Å². The number of carbonyl (C=O) groups excluding carboxylic acids is 2. The number of amides is 2. The van der Waals surface area contributed by atoms with Gasteiger partial charge >= 0.3 is 0 Å². The van der Waals surface area contributed by atoms with Crippen molar-refractivity contribution in [1.82, 2.24) is 15.7 Å². The van der Waals surface area contributed by atoms with Crippen molar-refractivity contribution in [2.24, 2.45) is 5.10 Å². The lowest BCUT2D eigenvalue weighted by Crippen LogP contribution is -2.35. The van der Waals surface area contributed by atoms with Crippen molar-refractivity contribution in [3.63, 3.8) is 0 Å². The predicted octanol–water partition coefficient (Wildman–Crippen LogP) is 1.72. The van der Waals surface area contributed by atoms with Gasteiger partial charge in [0.1, 0.15) is 0 Å². The fraction of sp³-hybridized carbons (Fsp3) is 0.100. The molecule has 3 aromatic rings. The van der Waals surface area contributed by atoms with Gasteiger partial charge in [0.15, 0.2) is 0 Å². The number of pyridine rings is 1. The first kappa shape index (κ1) is 18.1. The standard InChI is InChI=1S/C20H18N4O3/c1-13-6-8-14(9-7-13)19(26)21-12-18(25)24-22-11-16-10-15-4-2-3-5-17(15)23-20(16)27/h2-11H,12H2,1H3,(H,21,26)(H,23,27)(H,24,25). The number of aromatic nitrogens is 1. The Bertz CT molecular complexity index is 1070. The number of nitrogens with one attached hydrogen (secondary N) is 3. The minimum absolute atomic E-state index is 0.224. The molecule has 0 atom stereocenters. The molecule has 3 rings (SSSR count). The van der Waals surface area contributed by atoms with Crippen LogP contribution in [-0.4, -0.2) is 29.6 Å². The van der Waals surface area contributed by atoms with Crippen LogP contribution in [0.25, 0.3) is 10.9 Å². The van der Waals surface area contributed by atoms with Gasteiger partial charge in [-0.3, -0.25) is 14.4 Å². The highest BCUT2D eigenvalue weighted by molar-refractivity contribution is 5.96. The molecule has 7 nitrogen and oxygen atoms in total. The first-order valence-corrected chi connectivity index (χ1v) is 8.32. The van der Waals surface area contributed by atoms with Crippen LogP contribution in [0.2, 0.25) is 0 Å². The number of para-hydroxylation sites is 1. The zero-order valence-electron chi connectivity index (χ0n) is 14.7. The van der Waals surface area contributed by atoms with Crippen LogP contribution < -0.4 is 16.3 Å². The van der Waals surface area contributed by atoms with Crippen molar-refractivity contribution in [3.05, 3.63) is 81.6 Å². The predicted molar refractivity (Wildman–Crippen MR) is 104 cm³/mol.